The van der Waals surface area contributed by atoms with Crippen molar-refractivity contribution in [2.24, 2.45) is 0 Å². The van der Waals surface area contributed by atoms with Crippen molar-refractivity contribution in [2.75, 3.05) is 13.1 Å². The van der Waals surface area contributed by atoms with E-state index in [2.05, 4.69) is 19.2 Å². The molecule has 1 fully saturated rings. The summed E-state index contributed by atoms with van der Waals surface area (Å²) in [6.07, 6.45) is 1.82. The number of amides is 2. The minimum Gasteiger partial charge on any atom is -0.339 e. The maximum atomic E-state index is 13.3. The van der Waals surface area contributed by atoms with Crippen molar-refractivity contribution in [3.05, 3.63) is 65.2 Å². The molecule has 0 bridgehead atoms. The molecule has 0 aliphatic carbocycles. The van der Waals surface area contributed by atoms with Crippen molar-refractivity contribution in [3.8, 4) is 0 Å². The van der Waals surface area contributed by atoms with E-state index in [0.29, 0.717) is 5.56 Å². The highest BCUT2D eigenvalue weighted by molar-refractivity contribution is 6.32. The number of carbonyl (C=O) groups is 2. The molecule has 162 valence electrons. The average Bonchev–Trinajstić information content (AvgIpc) is 2.97. The van der Waals surface area contributed by atoms with Crippen LogP contribution in [-0.2, 0) is 16.9 Å². The molecule has 1 heterocycles. The second kappa shape index (κ2) is 9.37. The van der Waals surface area contributed by atoms with Crippen molar-refractivity contribution < 1.29 is 9.59 Å². The van der Waals surface area contributed by atoms with Crippen LogP contribution < -0.4 is 10.8 Å². The third-order valence-electron chi connectivity index (χ3n) is 5.70. The van der Waals surface area contributed by atoms with Gasteiger partial charge in [0.15, 0.2) is 5.96 Å². The van der Waals surface area contributed by atoms with Crippen LogP contribution in [0, 0.1) is 5.41 Å². The molecule has 0 saturated carbocycles. The van der Waals surface area contributed by atoms with Crippen LogP contribution in [0.2, 0.25) is 0 Å². The Hall–Kier alpha value is -3.09. The summed E-state index contributed by atoms with van der Waals surface area (Å²) in [5.74, 6) is -0.0844. The van der Waals surface area contributed by atoms with Gasteiger partial charge in [-0.3, -0.25) is 19.9 Å². The fraction of sp³-hybridized carbons (Fsp3) is 0.375. The standard InChI is InChI=1S/C24H31BN4O2/c1-4-12-28(13-5-2)21(30)18-9-6-8-17(14-18)16-29-22(31)24(3,27-23(29)26)19-10-7-11-20(25)15-19/h6-11,14-15H,4-5,12-13,16,25H2,1-3H3,(H2,26,27). The molecule has 7 heteroatoms. The molecular weight excluding hydrogens is 387 g/mol. The van der Waals surface area contributed by atoms with Crippen LogP contribution >= 0.6 is 0 Å². The zero-order chi connectivity index (χ0) is 22.6. The summed E-state index contributed by atoms with van der Waals surface area (Å²) in [6.45, 7) is 7.64. The van der Waals surface area contributed by atoms with Gasteiger partial charge in [-0.25, -0.2) is 0 Å². The van der Waals surface area contributed by atoms with Gasteiger partial charge < -0.3 is 10.2 Å². The Kier molecular flexibility index (Phi) is 6.83. The Labute approximate surface area is 185 Å². The Morgan fingerprint density at radius 1 is 1.13 bits per heavy atom. The molecule has 2 N–H and O–H groups in total. The number of rotatable bonds is 8. The van der Waals surface area contributed by atoms with E-state index in [4.69, 9.17) is 5.41 Å². The second-order valence-electron chi connectivity index (χ2n) is 8.35. The first-order chi connectivity index (χ1) is 14.8. The molecule has 1 aliphatic heterocycles. The van der Waals surface area contributed by atoms with Gasteiger partial charge in [0.25, 0.3) is 11.8 Å². The molecule has 6 nitrogen and oxygen atoms in total. The summed E-state index contributed by atoms with van der Waals surface area (Å²) in [5, 5.41) is 11.4. The molecule has 2 amide bonds. The number of guanidine groups is 1. The van der Waals surface area contributed by atoms with Gasteiger partial charge in [0.1, 0.15) is 13.4 Å². The first kappa shape index (κ1) is 22.6. The van der Waals surface area contributed by atoms with Crippen molar-refractivity contribution in [1.82, 2.24) is 15.1 Å². The average molecular weight is 418 g/mol. The zero-order valence-corrected chi connectivity index (χ0v) is 18.9. The van der Waals surface area contributed by atoms with Gasteiger partial charge in [0, 0.05) is 18.7 Å². The quantitative estimate of drug-likeness (QED) is 0.644. The first-order valence-corrected chi connectivity index (χ1v) is 10.9. The Bertz CT molecular complexity index is 987. The molecule has 1 aliphatic rings. The lowest BCUT2D eigenvalue weighted by atomic mass is 9.86. The maximum absolute atomic E-state index is 13.3. The topological polar surface area (TPSA) is 76.5 Å². The molecule has 2 aromatic carbocycles. The van der Waals surface area contributed by atoms with Gasteiger partial charge in [0.05, 0.1) is 6.54 Å². The molecular formula is C24H31BN4O2. The van der Waals surface area contributed by atoms with E-state index in [1.54, 1.807) is 0 Å². The Morgan fingerprint density at radius 3 is 2.45 bits per heavy atom. The molecule has 1 atom stereocenters. The molecule has 0 aromatic heterocycles. The highest BCUT2D eigenvalue weighted by Crippen LogP contribution is 2.29. The second-order valence-corrected chi connectivity index (χ2v) is 8.35. The van der Waals surface area contributed by atoms with Gasteiger partial charge in [-0.15, -0.1) is 0 Å². The number of nitrogens with one attached hydrogen (secondary N) is 2. The maximum Gasteiger partial charge on any atom is 0.259 e. The lowest BCUT2D eigenvalue weighted by Gasteiger charge is -2.23. The fourth-order valence-corrected chi connectivity index (χ4v) is 4.05. The highest BCUT2D eigenvalue weighted by Gasteiger charge is 2.47. The van der Waals surface area contributed by atoms with Gasteiger partial charge in [-0.2, -0.15) is 0 Å². The lowest BCUT2D eigenvalue weighted by Crippen LogP contribution is -2.41. The van der Waals surface area contributed by atoms with Crippen molar-refractivity contribution in [2.45, 2.75) is 45.7 Å². The molecule has 1 unspecified atom stereocenters. The summed E-state index contributed by atoms with van der Waals surface area (Å²) in [6, 6.07) is 15.2. The number of benzene rings is 2. The molecule has 31 heavy (non-hydrogen) atoms. The first-order valence-electron chi connectivity index (χ1n) is 10.9. The van der Waals surface area contributed by atoms with Crippen LogP contribution in [-0.4, -0.2) is 48.5 Å². The molecule has 0 radical (unpaired) electrons. The van der Waals surface area contributed by atoms with Crippen LogP contribution in [0.5, 0.6) is 0 Å². The van der Waals surface area contributed by atoms with Crippen LogP contribution in [0.15, 0.2) is 48.5 Å². The van der Waals surface area contributed by atoms with Crippen LogP contribution in [0.25, 0.3) is 0 Å². The van der Waals surface area contributed by atoms with E-state index in [0.717, 1.165) is 42.5 Å². The molecule has 1 saturated heterocycles. The summed E-state index contributed by atoms with van der Waals surface area (Å²) in [4.78, 5) is 29.6. The van der Waals surface area contributed by atoms with Crippen molar-refractivity contribution in [1.29, 1.82) is 5.41 Å². The number of hydrogen-bond acceptors (Lipinski definition) is 3. The SMILES string of the molecule is Bc1cccc(C2(C)NC(=N)N(Cc3cccc(C(=O)N(CCC)CCC)c3)C2=O)c1. The molecule has 2 aromatic rings. The predicted octanol–water partition coefficient (Wildman–Crippen LogP) is 1.99. The largest absolute Gasteiger partial charge is 0.339 e. The van der Waals surface area contributed by atoms with E-state index < -0.39 is 5.54 Å². The third kappa shape index (κ3) is 4.65. The summed E-state index contributed by atoms with van der Waals surface area (Å²) in [5.41, 5.74) is 2.37. The van der Waals surface area contributed by atoms with E-state index >= 15 is 0 Å². The van der Waals surface area contributed by atoms with Crippen LogP contribution in [0.4, 0.5) is 0 Å². The van der Waals surface area contributed by atoms with Crippen molar-refractivity contribution in [3.63, 3.8) is 0 Å². The number of hydrogen-bond donors (Lipinski definition) is 2. The van der Waals surface area contributed by atoms with Crippen LogP contribution in [0.3, 0.4) is 0 Å². The number of carbonyl (C=O) groups excluding carboxylic acids is 2. The Balaban J connectivity index is 1.81. The smallest absolute Gasteiger partial charge is 0.259 e. The monoisotopic (exact) mass is 418 g/mol. The normalized spacial score (nSPS) is 18.2. The zero-order valence-electron chi connectivity index (χ0n) is 18.9. The Morgan fingerprint density at radius 2 is 1.81 bits per heavy atom. The fourth-order valence-electron chi connectivity index (χ4n) is 4.05. The lowest BCUT2D eigenvalue weighted by molar-refractivity contribution is -0.131. The van der Waals surface area contributed by atoms with Gasteiger partial charge >= 0.3 is 0 Å². The highest BCUT2D eigenvalue weighted by atomic mass is 16.2. The van der Waals surface area contributed by atoms with Crippen LogP contribution in [0.1, 0.15) is 55.1 Å². The summed E-state index contributed by atoms with van der Waals surface area (Å²) in [7, 11) is 1.98. The van der Waals surface area contributed by atoms with Gasteiger partial charge in [-0.1, -0.05) is 55.7 Å². The van der Waals surface area contributed by atoms with E-state index in [9.17, 15) is 9.59 Å². The summed E-state index contributed by atoms with van der Waals surface area (Å²) < 4.78 is 0. The van der Waals surface area contributed by atoms with E-state index in [1.165, 1.54) is 4.90 Å². The minimum absolute atomic E-state index is 0.0103. The predicted molar refractivity (Wildman–Crippen MR) is 126 cm³/mol. The minimum atomic E-state index is -0.977. The van der Waals surface area contributed by atoms with Gasteiger partial charge in [-0.05, 0) is 43.0 Å². The van der Waals surface area contributed by atoms with E-state index in [-0.39, 0.29) is 24.3 Å². The van der Waals surface area contributed by atoms with Gasteiger partial charge in [0.2, 0.25) is 0 Å². The summed E-state index contributed by atoms with van der Waals surface area (Å²) >= 11 is 0. The molecule has 0 spiro atoms. The van der Waals surface area contributed by atoms with E-state index in [1.807, 2.05) is 68.2 Å². The van der Waals surface area contributed by atoms with Crippen molar-refractivity contribution >= 4 is 31.1 Å². The number of nitrogens with zero attached hydrogens (tertiary/aromatic N) is 2. The third-order valence-corrected chi connectivity index (χ3v) is 5.70. The molecule has 3 rings (SSSR count).